The second-order valence-electron chi connectivity index (χ2n) is 13.6. The summed E-state index contributed by atoms with van der Waals surface area (Å²) in [7, 11) is 4.22. The molecule has 4 heterocycles. The Kier molecular flexibility index (Phi) is 9.53. The van der Waals surface area contributed by atoms with Gasteiger partial charge in [-0.1, -0.05) is 18.9 Å². The van der Waals surface area contributed by atoms with Crippen LogP contribution in [0.25, 0.3) is 11.3 Å². The zero-order chi connectivity index (χ0) is 32.6. The maximum atomic E-state index is 15.2. The first-order valence-electron chi connectivity index (χ1n) is 16.5. The summed E-state index contributed by atoms with van der Waals surface area (Å²) in [5.41, 5.74) is 3.52. The lowest BCUT2D eigenvalue weighted by atomic mass is 9.84. The highest BCUT2D eigenvalue weighted by Gasteiger charge is 2.43. The van der Waals surface area contributed by atoms with Gasteiger partial charge in [-0.25, -0.2) is 18.7 Å². The number of likely N-dealkylation sites (tertiary alicyclic amines) is 1. The summed E-state index contributed by atoms with van der Waals surface area (Å²) in [6, 6.07) is 6.35. The van der Waals surface area contributed by atoms with Gasteiger partial charge >= 0.3 is 6.11 Å². The van der Waals surface area contributed by atoms with Crippen molar-refractivity contribution in [2.45, 2.75) is 82.8 Å². The second-order valence-corrected chi connectivity index (χ2v) is 13.6. The highest BCUT2D eigenvalue weighted by molar-refractivity contribution is 5.72. The van der Waals surface area contributed by atoms with Crippen molar-refractivity contribution in [1.29, 1.82) is 0 Å². The SMILES string of the molecule is CC(C)N1CC(F)(F)Oc2c(F)cc(-c3nc(Cc4ccc(C5CCN(CCN(C)C)CC5)c(C5CCCC5)n4)ncc3F)cc21. The van der Waals surface area contributed by atoms with Gasteiger partial charge < -0.3 is 19.4 Å². The molecule has 3 aromatic rings. The molecule has 46 heavy (non-hydrogen) atoms. The Hall–Kier alpha value is -3.31. The summed E-state index contributed by atoms with van der Waals surface area (Å²) in [6.07, 6.45) is 4.74. The van der Waals surface area contributed by atoms with Crippen LogP contribution in [0.1, 0.15) is 87.0 Å². The van der Waals surface area contributed by atoms with Crippen LogP contribution in [0.3, 0.4) is 0 Å². The summed E-state index contributed by atoms with van der Waals surface area (Å²) in [5.74, 6) is -1.01. The first-order valence-corrected chi connectivity index (χ1v) is 16.5. The topological polar surface area (TPSA) is 57.6 Å². The highest BCUT2D eigenvalue weighted by atomic mass is 19.3. The number of fused-ring (bicyclic) bond motifs is 1. The number of halogens is 4. The third-order valence-electron chi connectivity index (χ3n) is 9.62. The average molecular weight is 641 g/mol. The fraction of sp³-hybridized carbons (Fsp3) is 0.571. The first-order chi connectivity index (χ1) is 22.0. The highest BCUT2D eigenvalue weighted by Crippen LogP contribution is 2.44. The van der Waals surface area contributed by atoms with E-state index in [-0.39, 0.29) is 29.4 Å². The maximum Gasteiger partial charge on any atom is 0.416 e. The fourth-order valence-electron chi connectivity index (χ4n) is 7.12. The normalized spacial score (nSPS) is 19.2. The van der Waals surface area contributed by atoms with Crippen LogP contribution >= 0.6 is 0 Å². The monoisotopic (exact) mass is 640 g/mol. The van der Waals surface area contributed by atoms with Crippen LogP contribution in [0.5, 0.6) is 5.75 Å². The standard InChI is InChI=1S/C35H44F4N6O/c1-22(2)45-21-35(38,39)46-34-28(36)17-25(18-30(34)45)33-29(37)20-40-31(42-33)19-26-9-10-27(32(41-26)24-7-5-6-8-24)23-11-13-44(14-12-23)16-15-43(3)4/h9-10,17-18,20,22-24H,5-8,11-16,19,21H2,1-4H3. The molecular weight excluding hydrogens is 596 g/mol. The van der Waals surface area contributed by atoms with Crippen molar-refractivity contribution < 1.29 is 22.3 Å². The molecule has 2 aromatic heterocycles. The first kappa shape index (κ1) is 32.6. The van der Waals surface area contributed by atoms with E-state index >= 15 is 8.78 Å². The maximum absolute atomic E-state index is 15.2. The molecule has 1 aliphatic carbocycles. The fourth-order valence-corrected chi connectivity index (χ4v) is 7.12. The summed E-state index contributed by atoms with van der Waals surface area (Å²) >= 11 is 0. The number of anilines is 1. The molecule has 1 aromatic carbocycles. The van der Waals surface area contributed by atoms with Gasteiger partial charge in [0.05, 0.1) is 18.3 Å². The van der Waals surface area contributed by atoms with E-state index in [1.165, 1.54) is 35.1 Å². The number of aromatic nitrogens is 3. The third kappa shape index (κ3) is 7.15. The summed E-state index contributed by atoms with van der Waals surface area (Å²) < 4.78 is 63.5. The number of nitrogens with zero attached hydrogens (tertiary/aromatic N) is 6. The smallest absolute Gasteiger partial charge is 0.416 e. The lowest BCUT2D eigenvalue weighted by molar-refractivity contribution is -0.174. The van der Waals surface area contributed by atoms with E-state index in [1.54, 1.807) is 13.8 Å². The molecule has 3 aliphatic rings. The van der Waals surface area contributed by atoms with Gasteiger partial charge in [-0.2, -0.15) is 8.78 Å². The quantitative estimate of drug-likeness (QED) is 0.233. The Morgan fingerprint density at radius 1 is 0.978 bits per heavy atom. The van der Waals surface area contributed by atoms with Gasteiger partial charge in [-0.15, -0.1) is 0 Å². The van der Waals surface area contributed by atoms with E-state index in [9.17, 15) is 8.78 Å². The van der Waals surface area contributed by atoms with Crippen LogP contribution in [0, 0.1) is 11.6 Å². The minimum absolute atomic E-state index is 0.0959. The van der Waals surface area contributed by atoms with E-state index in [0.29, 0.717) is 17.7 Å². The number of piperidine rings is 1. The third-order valence-corrected chi connectivity index (χ3v) is 9.62. The van der Waals surface area contributed by atoms with Gasteiger partial charge in [0.2, 0.25) is 0 Å². The summed E-state index contributed by atoms with van der Waals surface area (Å²) in [4.78, 5) is 20.1. The van der Waals surface area contributed by atoms with Crippen molar-refractivity contribution in [3.8, 4) is 17.0 Å². The molecule has 0 bridgehead atoms. The molecule has 1 saturated heterocycles. The van der Waals surface area contributed by atoms with Crippen molar-refractivity contribution in [2.24, 2.45) is 0 Å². The Balaban J connectivity index is 1.26. The lowest BCUT2D eigenvalue weighted by Crippen LogP contribution is -2.48. The van der Waals surface area contributed by atoms with Gasteiger partial charge in [0.1, 0.15) is 18.1 Å². The molecule has 0 radical (unpaired) electrons. The Morgan fingerprint density at radius 3 is 2.41 bits per heavy atom. The van der Waals surface area contributed by atoms with Crippen molar-refractivity contribution >= 4 is 5.69 Å². The van der Waals surface area contributed by atoms with E-state index in [0.717, 1.165) is 69.8 Å². The van der Waals surface area contributed by atoms with Crippen LogP contribution in [0.2, 0.25) is 0 Å². The summed E-state index contributed by atoms with van der Waals surface area (Å²) in [5, 5.41) is 0. The molecule has 0 spiro atoms. The average Bonchev–Trinajstić information content (AvgIpc) is 3.56. The lowest BCUT2D eigenvalue weighted by Gasteiger charge is -2.38. The van der Waals surface area contributed by atoms with E-state index in [4.69, 9.17) is 9.72 Å². The number of pyridine rings is 1. The number of benzene rings is 1. The molecule has 0 unspecified atom stereocenters. The summed E-state index contributed by atoms with van der Waals surface area (Å²) in [6.45, 7) is 7.04. The Bertz CT molecular complexity index is 1540. The predicted molar refractivity (Wildman–Crippen MR) is 171 cm³/mol. The number of likely N-dealkylation sites (N-methyl/N-ethyl adjacent to an activating group) is 1. The van der Waals surface area contributed by atoms with Crippen LogP contribution < -0.4 is 9.64 Å². The van der Waals surface area contributed by atoms with E-state index < -0.39 is 30.0 Å². The van der Waals surface area contributed by atoms with Crippen LogP contribution in [0.4, 0.5) is 23.2 Å². The van der Waals surface area contributed by atoms with Gasteiger partial charge in [0.15, 0.2) is 17.4 Å². The van der Waals surface area contributed by atoms with E-state index in [2.05, 4.69) is 39.9 Å². The van der Waals surface area contributed by atoms with Crippen LogP contribution in [-0.4, -0.2) is 83.7 Å². The minimum Gasteiger partial charge on any atom is -0.426 e. The molecule has 11 heteroatoms. The second kappa shape index (κ2) is 13.4. The largest absolute Gasteiger partial charge is 0.426 e. The number of hydrogen-bond donors (Lipinski definition) is 0. The van der Waals surface area contributed by atoms with Gasteiger partial charge in [-0.05, 0) is 96.4 Å². The number of hydrogen-bond acceptors (Lipinski definition) is 7. The zero-order valence-electron chi connectivity index (χ0n) is 27.2. The predicted octanol–water partition coefficient (Wildman–Crippen LogP) is 7.01. The van der Waals surface area contributed by atoms with E-state index in [1.807, 2.05) is 6.07 Å². The molecule has 0 amide bonds. The Labute approximate surface area is 269 Å². The Morgan fingerprint density at radius 2 is 1.72 bits per heavy atom. The van der Waals surface area contributed by atoms with Crippen molar-refractivity contribution in [3.63, 3.8) is 0 Å². The van der Waals surface area contributed by atoms with Crippen LogP contribution in [-0.2, 0) is 6.42 Å². The van der Waals surface area contributed by atoms with Crippen molar-refractivity contribution in [1.82, 2.24) is 24.8 Å². The van der Waals surface area contributed by atoms with Gasteiger partial charge in [0.25, 0.3) is 0 Å². The number of ether oxygens (including phenoxy) is 1. The molecule has 2 fully saturated rings. The van der Waals surface area contributed by atoms with Crippen LogP contribution in [0.15, 0.2) is 30.5 Å². The molecule has 248 valence electrons. The molecular formula is C35H44F4N6O. The molecule has 0 atom stereocenters. The number of rotatable bonds is 9. The minimum atomic E-state index is -3.55. The molecule has 6 rings (SSSR count). The van der Waals surface area contributed by atoms with Gasteiger partial charge in [-0.3, -0.25) is 4.98 Å². The number of alkyl halides is 2. The molecule has 7 nitrogen and oxygen atoms in total. The van der Waals surface area contributed by atoms with Crippen molar-refractivity contribution in [2.75, 3.05) is 51.7 Å². The van der Waals surface area contributed by atoms with Crippen molar-refractivity contribution in [3.05, 3.63) is 64.9 Å². The van der Waals surface area contributed by atoms with Gasteiger partial charge in [0, 0.05) is 42.0 Å². The molecule has 0 N–H and O–H groups in total. The molecule has 2 aliphatic heterocycles. The zero-order valence-corrected chi connectivity index (χ0v) is 27.2. The molecule has 1 saturated carbocycles.